The molecule has 1 heterocycles. The molecule has 0 atom stereocenters. The van der Waals surface area contributed by atoms with Gasteiger partial charge in [0, 0.05) is 6.20 Å². The van der Waals surface area contributed by atoms with Gasteiger partial charge in [-0.2, -0.15) is 0 Å². The molecular weight excluding hydrogens is 146 g/mol. The second-order valence-corrected chi connectivity index (χ2v) is 2.19. The maximum Gasteiger partial charge on any atom is 0.0647 e. The van der Waals surface area contributed by atoms with Crippen molar-refractivity contribution >= 4 is 17.7 Å². The summed E-state index contributed by atoms with van der Waals surface area (Å²) in [4.78, 5) is 4.06. The maximum absolute atomic E-state index is 5.53. The Bertz CT molecular complexity index is 215. The Labute approximate surface area is 65.4 Å². The molecule has 0 radical (unpaired) electrons. The molecule has 0 aliphatic heterocycles. The molecule has 1 aromatic heterocycles. The molecule has 0 amide bonds. The van der Waals surface area contributed by atoms with Gasteiger partial charge in [0.15, 0.2) is 0 Å². The molecule has 10 heavy (non-hydrogen) atoms. The minimum Gasteiger partial charge on any atom is -0.259 e. The Hall–Kier alpha value is -0.820. The molecule has 0 spiro atoms. The molecule has 2 heteroatoms. The van der Waals surface area contributed by atoms with E-state index in [0.29, 0.717) is 5.88 Å². The summed E-state index contributed by atoms with van der Waals surface area (Å²) in [7, 11) is 0. The van der Waals surface area contributed by atoms with Crippen LogP contribution >= 0.6 is 11.6 Å². The van der Waals surface area contributed by atoms with E-state index < -0.39 is 0 Å². The number of halogens is 1. The van der Waals surface area contributed by atoms with Crippen LogP contribution in [-0.4, -0.2) is 4.98 Å². The first-order valence-electron chi connectivity index (χ1n) is 3.00. The van der Waals surface area contributed by atoms with Crippen LogP contribution in [0.1, 0.15) is 11.3 Å². The quantitative estimate of drug-likeness (QED) is 0.595. The predicted molar refractivity (Wildman–Crippen MR) is 43.9 cm³/mol. The number of pyridine rings is 1. The lowest BCUT2D eigenvalue weighted by Gasteiger charge is -1.93. The van der Waals surface area contributed by atoms with Crippen molar-refractivity contribution in [1.29, 1.82) is 0 Å². The van der Waals surface area contributed by atoms with Gasteiger partial charge in [0.25, 0.3) is 0 Å². The molecule has 52 valence electrons. The first kappa shape index (κ1) is 7.29. The van der Waals surface area contributed by atoms with Gasteiger partial charge in [0.1, 0.15) is 0 Å². The summed E-state index contributed by atoms with van der Waals surface area (Å²) >= 11 is 5.53. The van der Waals surface area contributed by atoms with Crippen LogP contribution in [0.15, 0.2) is 24.9 Å². The van der Waals surface area contributed by atoms with Gasteiger partial charge in [-0.05, 0) is 11.6 Å². The minimum atomic E-state index is 0.470. The smallest absolute Gasteiger partial charge is 0.0647 e. The normalized spacial score (nSPS) is 9.30. The zero-order valence-corrected chi connectivity index (χ0v) is 6.30. The number of aromatic nitrogens is 1. The monoisotopic (exact) mass is 153 g/mol. The van der Waals surface area contributed by atoms with Crippen molar-refractivity contribution in [3.05, 3.63) is 36.2 Å². The van der Waals surface area contributed by atoms with Gasteiger partial charge in [0.05, 0.1) is 11.6 Å². The number of hydrogen-bond acceptors (Lipinski definition) is 1. The van der Waals surface area contributed by atoms with Crippen LogP contribution in [0.5, 0.6) is 0 Å². The molecule has 0 aliphatic rings. The van der Waals surface area contributed by atoms with E-state index in [-0.39, 0.29) is 0 Å². The average Bonchev–Trinajstić information content (AvgIpc) is 2.05. The SMILES string of the molecule is C=Cc1ccc(CCl)nc1. The summed E-state index contributed by atoms with van der Waals surface area (Å²) < 4.78 is 0. The Kier molecular flexibility index (Phi) is 2.46. The highest BCUT2D eigenvalue weighted by Gasteiger charge is 1.89. The van der Waals surface area contributed by atoms with Crippen LogP contribution in [0, 0.1) is 0 Å². The lowest BCUT2D eigenvalue weighted by atomic mass is 10.2. The minimum absolute atomic E-state index is 0.470. The average molecular weight is 154 g/mol. The van der Waals surface area contributed by atoms with E-state index in [0.717, 1.165) is 11.3 Å². The second-order valence-electron chi connectivity index (χ2n) is 1.92. The Balaban J connectivity index is 2.90. The summed E-state index contributed by atoms with van der Waals surface area (Å²) in [6, 6.07) is 3.84. The van der Waals surface area contributed by atoms with E-state index in [1.165, 1.54) is 0 Å². The van der Waals surface area contributed by atoms with Gasteiger partial charge < -0.3 is 0 Å². The Morgan fingerprint density at radius 1 is 1.60 bits per heavy atom. The van der Waals surface area contributed by atoms with E-state index in [2.05, 4.69) is 11.6 Å². The second kappa shape index (κ2) is 3.37. The molecule has 0 saturated carbocycles. The van der Waals surface area contributed by atoms with Crippen molar-refractivity contribution in [3.8, 4) is 0 Å². The molecule has 0 saturated heterocycles. The number of rotatable bonds is 2. The van der Waals surface area contributed by atoms with Crippen LogP contribution in [0.25, 0.3) is 6.08 Å². The lowest BCUT2D eigenvalue weighted by molar-refractivity contribution is 1.16. The molecule has 1 nitrogen and oxygen atoms in total. The molecule has 0 aromatic carbocycles. The highest BCUT2D eigenvalue weighted by Crippen LogP contribution is 2.02. The zero-order valence-electron chi connectivity index (χ0n) is 5.55. The van der Waals surface area contributed by atoms with Crippen molar-refractivity contribution in [2.75, 3.05) is 0 Å². The van der Waals surface area contributed by atoms with Gasteiger partial charge in [-0.15, -0.1) is 11.6 Å². The number of alkyl halides is 1. The van der Waals surface area contributed by atoms with E-state index in [1.807, 2.05) is 12.1 Å². The Morgan fingerprint density at radius 3 is 2.80 bits per heavy atom. The van der Waals surface area contributed by atoms with Gasteiger partial charge in [-0.25, -0.2) is 0 Å². The third kappa shape index (κ3) is 1.58. The first-order chi connectivity index (χ1) is 4.86. The van der Waals surface area contributed by atoms with Gasteiger partial charge >= 0.3 is 0 Å². The van der Waals surface area contributed by atoms with E-state index in [9.17, 15) is 0 Å². The lowest BCUT2D eigenvalue weighted by Crippen LogP contribution is -1.83. The third-order valence-corrected chi connectivity index (χ3v) is 1.49. The van der Waals surface area contributed by atoms with Crippen molar-refractivity contribution in [2.45, 2.75) is 5.88 Å². The van der Waals surface area contributed by atoms with Crippen LogP contribution in [0.4, 0.5) is 0 Å². The van der Waals surface area contributed by atoms with E-state index in [4.69, 9.17) is 11.6 Å². The van der Waals surface area contributed by atoms with Crippen molar-refractivity contribution in [1.82, 2.24) is 4.98 Å². The fraction of sp³-hybridized carbons (Fsp3) is 0.125. The largest absolute Gasteiger partial charge is 0.259 e. The van der Waals surface area contributed by atoms with Crippen molar-refractivity contribution in [2.24, 2.45) is 0 Å². The number of hydrogen-bond donors (Lipinski definition) is 0. The van der Waals surface area contributed by atoms with Gasteiger partial charge in [0.2, 0.25) is 0 Å². The van der Waals surface area contributed by atoms with Crippen molar-refractivity contribution < 1.29 is 0 Å². The third-order valence-electron chi connectivity index (χ3n) is 1.22. The zero-order chi connectivity index (χ0) is 7.40. The summed E-state index contributed by atoms with van der Waals surface area (Å²) in [6.07, 6.45) is 3.51. The Morgan fingerprint density at radius 2 is 2.40 bits per heavy atom. The summed E-state index contributed by atoms with van der Waals surface area (Å²) in [5.41, 5.74) is 1.92. The van der Waals surface area contributed by atoms with E-state index >= 15 is 0 Å². The highest BCUT2D eigenvalue weighted by atomic mass is 35.5. The molecule has 0 aliphatic carbocycles. The molecule has 0 fully saturated rings. The van der Waals surface area contributed by atoms with E-state index in [1.54, 1.807) is 12.3 Å². The number of nitrogens with zero attached hydrogens (tertiary/aromatic N) is 1. The molecule has 1 rings (SSSR count). The molecular formula is C8H8ClN. The van der Waals surface area contributed by atoms with Gasteiger partial charge in [-0.1, -0.05) is 18.7 Å². The molecule has 0 bridgehead atoms. The van der Waals surface area contributed by atoms with Gasteiger partial charge in [-0.3, -0.25) is 4.98 Å². The predicted octanol–water partition coefficient (Wildman–Crippen LogP) is 2.46. The fourth-order valence-electron chi connectivity index (χ4n) is 0.636. The summed E-state index contributed by atoms with van der Waals surface area (Å²) in [6.45, 7) is 3.61. The molecule has 1 aromatic rings. The first-order valence-corrected chi connectivity index (χ1v) is 3.53. The van der Waals surface area contributed by atoms with Crippen LogP contribution in [-0.2, 0) is 5.88 Å². The maximum atomic E-state index is 5.53. The molecule has 0 N–H and O–H groups in total. The summed E-state index contributed by atoms with van der Waals surface area (Å²) in [5, 5.41) is 0. The van der Waals surface area contributed by atoms with Crippen LogP contribution in [0.3, 0.4) is 0 Å². The van der Waals surface area contributed by atoms with Crippen LogP contribution in [0.2, 0.25) is 0 Å². The fourth-order valence-corrected chi connectivity index (χ4v) is 0.794. The standard InChI is InChI=1S/C8H8ClN/c1-2-7-3-4-8(5-9)10-6-7/h2-4,6H,1,5H2. The highest BCUT2D eigenvalue weighted by molar-refractivity contribution is 6.16. The van der Waals surface area contributed by atoms with Crippen LogP contribution < -0.4 is 0 Å². The van der Waals surface area contributed by atoms with Crippen molar-refractivity contribution in [3.63, 3.8) is 0 Å². The molecule has 0 unspecified atom stereocenters. The summed E-state index contributed by atoms with van der Waals surface area (Å²) in [5.74, 6) is 0.470. The topological polar surface area (TPSA) is 12.9 Å².